The Morgan fingerprint density at radius 1 is 1.00 bits per heavy atom. The summed E-state index contributed by atoms with van der Waals surface area (Å²) in [6.45, 7) is 9.12. The van der Waals surface area contributed by atoms with Crippen molar-refractivity contribution in [2.24, 2.45) is 11.8 Å². The minimum absolute atomic E-state index is 0.821. The van der Waals surface area contributed by atoms with E-state index in [0.29, 0.717) is 0 Å². The molecule has 0 amide bonds. The van der Waals surface area contributed by atoms with Crippen LogP contribution in [-0.2, 0) is 23.9 Å². The third-order valence-electron chi connectivity index (χ3n) is 1.24. The molecule has 0 nitrogen and oxygen atoms in total. The fourth-order valence-electron chi connectivity index (χ4n) is 0.667. The summed E-state index contributed by atoms with van der Waals surface area (Å²) in [4.78, 5) is 0. The monoisotopic (exact) mass is 278 g/mol. The van der Waals surface area contributed by atoms with Crippen LogP contribution >= 0.6 is 0 Å². The Balaban J connectivity index is 3.65. The van der Waals surface area contributed by atoms with Gasteiger partial charge in [0.1, 0.15) is 0 Å². The molecule has 0 aromatic rings. The van der Waals surface area contributed by atoms with Crippen molar-refractivity contribution in [3.8, 4) is 0 Å². The van der Waals surface area contributed by atoms with Gasteiger partial charge in [0, 0.05) is 0 Å². The van der Waals surface area contributed by atoms with Gasteiger partial charge in [-0.25, -0.2) is 0 Å². The molecular weight excluding hydrogens is 263 g/mol. The summed E-state index contributed by atoms with van der Waals surface area (Å²) in [5.74, 6) is 1.64. The zero-order valence-corrected chi connectivity index (χ0v) is 9.75. The topological polar surface area (TPSA) is 0 Å². The van der Waals surface area contributed by atoms with E-state index in [-0.39, 0.29) is 0 Å². The second kappa shape index (κ2) is 3.71. The van der Waals surface area contributed by atoms with E-state index in [9.17, 15) is 0 Å². The maximum atomic E-state index is 2.28. The van der Waals surface area contributed by atoms with E-state index in [1.807, 2.05) is 0 Å². The Morgan fingerprint density at radius 3 is 1.25 bits per heavy atom. The van der Waals surface area contributed by atoms with Gasteiger partial charge in [0.05, 0.1) is 0 Å². The normalized spacial score (nSPS) is 11.0. The second-order valence-corrected chi connectivity index (χ2v) is 4.84. The average Bonchev–Trinajstić information content (AvgIpc) is 1.64. The van der Waals surface area contributed by atoms with Gasteiger partial charge >= 0.3 is 66.7 Å². The molecule has 0 aromatic heterocycles. The number of rotatable bonds is 2. The van der Waals surface area contributed by atoms with Gasteiger partial charge in [0.15, 0.2) is 0 Å². The van der Waals surface area contributed by atoms with Gasteiger partial charge < -0.3 is 0 Å². The Morgan fingerprint density at radius 2 is 1.25 bits per heavy atom. The molecule has 8 heavy (non-hydrogen) atoms. The Hall–Kier alpha value is 0.740. The first-order chi connectivity index (χ1) is 3.55. The molecule has 44 valence electrons. The summed E-state index contributed by atoms with van der Waals surface area (Å²) < 4.78 is 1.74. The van der Waals surface area contributed by atoms with Crippen LogP contribution in [0.1, 0.15) is 27.7 Å². The summed E-state index contributed by atoms with van der Waals surface area (Å²) in [6.07, 6.45) is 0. The van der Waals surface area contributed by atoms with Crippen LogP contribution in [0, 0.1) is 11.8 Å². The summed E-state index contributed by atoms with van der Waals surface area (Å²) in [6, 6.07) is 0. The molecule has 0 saturated heterocycles. The van der Waals surface area contributed by atoms with Crippen LogP contribution in [0.4, 0.5) is 0 Å². The van der Waals surface area contributed by atoms with Gasteiger partial charge in [-0.2, -0.15) is 0 Å². The molecule has 0 N–H and O–H groups in total. The maximum absolute atomic E-state index is 2.28. The zero-order valence-electron chi connectivity index (χ0n) is 6.15. The SMILES string of the molecule is CC(C)[C](=[Hf+2])C(C)C. The molecule has 0 saturated carbocycles. The summed E-state index contributed by atoms with van der Waals surface area (Å²) in [7, 11) is 0. The van der Waals surface area contributed by atoms with Crippen molar-refractivity contribution in [1.82, 2.24) is 0 Å². The van der Waals surface area contributed by atoms with E-state index >= 15 is 0 Å². The minimum atomic E-state index is 0.821. The Bertz CT molecular complexity index is 72.4. The van der Waals surface area contributed by atoms with E-state index in [1.54, 1.807) is 3.26 Å². The van der Waals surface area contributed by atoms with Crippen molar-refractivity contribution >= 4 is 3.26 Å². The molecule has 0 rings (SSSR count). The van der Waals surface area contributed by atoms with Crippen LogP contribution in [0.15, 0.2) is 0 Å². The number of hydrogen-bond acceptors (Lipinski definition) is 0. The molecule has 0 spiro atoms. The number of hydrogen-bond donors (Lipinski definition) is 0. The molecule has 0 fully saturated rings. The molecule has 0 atom stereocenters. The van der Waals surface area contributed by atoms with Crippen LogP contribution < -0.4 is 0 Å². The molecule has 0 aromatic carbocycles. The molecule has 0 heterocycles. The summed E-state index contributed by atoms with van der Waals surface area (Å²) in [5.41, 5.74) is 0. The molecule has 0 unspecified atom stereocenters. The van der Waals surface area contributed by atoms with Gasteiger partial charge in [-0.05, 0) is 0 Å². The predicted molar refractivity (Wildman–Crippen MR) is 34.7 cm³/mol. The zero-order chi connectivity index (χ0) is 6.73. The van der Waals surface area contributed by atoms with Crippen molar-refractivity contribution in [2.45, 2.75) is 27.7 Å². The molecule has 0 radical (unpaired) electrons. The van der Waals surface area contributed by atoms with Gasteiger partial charge in [0.25, 0.3) is 0 Å². The van der Waals surface area contributed by atoms with E-state index in [4.69, 9.17) is 0 Å². The van der Waals surface area contributed by atoms with E-state index < -0.39 is 0 Å². The third-order valence-corrected chi connectivity index (χ3v) is 5.39. The molecule has 0 aliphatic rings. The van der Waals surface area contributed by atoms with Crippen LogP contribution in [0.5, 0.6) is 0 Å². The third kappa shape index (κ3) is 2.91. The fourth-order valence-corrected chi connectivity index (χ4v) is 0.667. The summed E-state index contributed by atoms with van der Waals surface area (Å²) in [5, 5.41) is 0. The molecule has 0 bridgehead atoms. The van der Waals surface area contributed by atoms with E-state index in [1.165, 1.54) is 23.9 Å². The van der Waals surface area contributed by atoms with Crippen molar-refractivity contribution < 1.29 is 23.9 Å². The fraction of sp³-hybridized carbons (Fsp3) is 0.857. The predicted octanol–water partition coefficient (Wildman–Crippen LogP) is 2.02. The molecular formula is C7H14Hf+2. The van der Waals surface area contributed by atoms with Crippen molar-refractivity contribution in [3.63, 3.8) is 0 Å². The first-order valence-corrected chi connectivity index (χ1v) is 4.93. The Kier molecular flexibility index (Phi) is 4.05. The quantitative estimate of drug-likeness (QED) is 0.677. The van der Waals surface area contributed by atoms with Gasteiger partial charge in [-0.15, -0.1) is 0 Å². The molecule has 1 heteroatoms. The van der Waals surface area contributed by atoms with Crippen LogP contribution in [0.3, 0.4) is 0 Å². The average molecular weight is 277 g/mol. The van der Waals surface area contributed by atoms with Crippen molar-refractivity contribution in [1.29, 1.82) is 0 Å². The second-order valence-electron chi connectivity index (χ2n) is 2.76. The van der Waals surface area contributed by atoms with Crippen LogP contribution in [-0.4, -0.2) is 3.26 Å². The molecule has 0 aliphatic heterocycles. The first-order valence-electron chi connectivity index (χ1n) is 3.14. The van der Waals surface area contributed by atoms with E-state index in [2.05, 4.69) is 27.7 Å². The van der Waals surface area contributed by atoms with Crippen molar-refractivity contribution in [2.75, 3.05) is 0 Å². The summed E-state index contributed by atoms with van der Waals surface area (Å²) >= 11 is 1.27. The first kappa shape index (κ1) is 8.74. The molecule has 0 aliphatic carbocycles. The van der Waals surface area contributed by atoms with E-state index in [0.717, 1.165) is 11.8 Å². The van der Waals surface area contributed by atoms with Crippen molar-refractivity contribution in [3.05, 3.63) is 0 Å². The van der Waals surface area contributed by atoms with Crippen LogP contribution in [0.2, 0.25) is 0 Å². The van der Waals surface area contributed by atoms with Gasteiger partial charge in [-0.1, -0.05) is 0 Å². The van der Waals surface area contributed by atoms with Gasteiger partial charge in [0.2, 0.25) is 0 Å². The Labute approximate surface area is 66.7 Å². The standard InChI is InChI=1S/C7H14.Hf/c1-6(2)5-7(3)4;/h6-7H,1-4H3;/q;+2. The van der Waals surface area contributed by atoms with Crippen LogP contribution in [0.25, 0.3) is 0 Å². The van der Waals surface area contributed by atoms with Gasteiger partial charge in [-0.3, -0.25) is 0 Å².